The zero-order valence-corrected chi connectivity index (χ0v) is 22.5. The Morgan fingerprint density at radius 2 is 1.31 bits per heavy atom. The summed E-state index contributed by atoms with van der Waals surface area (Å²) in [5.74, 6) is 3.40. The Kier molecular flexibility index (Phi) is 11.9. The number of rotatable bonds is 0. The minimum absolute atomic E-state index is 0.346. The van der Waals surface area contributed by atoms with Gasteiger partial charge in [0.25, 0.3) is 0 Å². The fourth-order valence-corrected chi connectivity index (χ4v) is 7.53. The molecule has 6 bridgehead atoms. The molecule has 0 amide bonds. The lowest BCUT2D eigenvalue weighted by molar-refractivity contribution is 0.00963. The smallest absolute Gasteiger partial charge is 0.0850 e. The maximum atomic E-state index is 10.8. The molecule has 198 valence electrons. The van der Waals surface area contributed by atoms with Gasteiger partial charge in [-0.15, -0.1) is 0 Å². The molecule has 5 aliphatic heterocycles. The Labute approximate surface area is 216 Å². The number of allylic oxidation sites excluding steroid dienone is 4. The molecule has 0 spiro atoms. The Hall–Kier alpha value is -0.900. The Morgan fingerprint density at radius 1 is 0.571 bits per heavy atom. The molecule has 0 aromatic rings. The van der Waals surface area contributed by atoms with Gasteiger partial charge in [-0.25, -0.2) is 0 Å². The maximum absolute atomic E-state index is 10.8. The summed E-state index contributed by atoms with van der Waals surface area (Å²) in [5, 5.41) is 10.8. The third-order valence-corrected chi connectivity index (χ3v) is 9.36. The predicted octanol–water partition coefficient (Wildman–Crippen LogP) is 6.99. The number of aliphatic hydroxyl groups is 1. The molecule has 2 saturated heterocycles. The first-order valence-corrected chi connectivity index (χ1v) is 15.4. The molecular formula is C32H54N2O. The molecule has 0 aliphatic carbocycles. The highest BCUT2D eigenvalue weighted by atomic mass is 16.3. The molecular weight excluding hydrogens is 428 g/mol. The summed E-state index contributed by atoms with van der Waals surface area (Å²) in [6, 6.07) is 0. The van der Waals surface area contributed by atoms with E-state index in [1.165, 1.54) is 129 Å². The van der Waals surface area contributed by atoms with Crippen LogP contribution in [-0.2, 0) is 0 Å². The second-order valence-electron chi connectivity index (χ2n) is 12.2. The van der Waals surface area contributed by atoms with Gasteiger partial charge in [-0.05, 0) is 88.0 Å². The van der Waals surface area contributed by atoms with Crippen molar-refractivity contribution in [3.63, 3.8) is 0 Å². The highest BCUT2D eigenvalue weighted by molar-refractivity contribution is 5.05. The first-order chi connectivity index (χ1) is 17.3. The van der Waals surface area contributed by atoms with Crippen LogP contribution in [0.1, 0.15) is 96.3 Å². The van der Waals surface area contributed by atoms with Crippen LogP contribution < -0.4 is 0 Å². The topological polar surface area (TPSA) is 26.7 Å². The van der Waals surface area contributed by atoms with E-state index in [0.29, 0.717) is 0 Å². The molecule has 2 fully saturated rings. The average molecular weight is 483 g/mol. The van der Waals surface area contributed by atoms with E-state index >= 15 is 0 Å². The van der Waals surface area contributed by atoms with Crippen molar-refractivity contribution in [3.05, 3.63) is 36.5 Å². The number of aliphatic hydroxyl groups excluding tert-OH is 1. The van der Waals surface area contributed by atoms with E-state index in [1.807, 2.05) is 6.08 Å². The van der Waals surface area contributed by atoms with Gasteiger partial charge in [0.05, 0.1) is 6.10 Å². The summed E-state index contributed by atoms with van der Waals surface area (Å²) in [6.45, 7) is 7.10. The van der Waals surface area contributed by atoms with Crippen molar-refractivity contribution >= 4 is 0 Å². The predicted molar refractivity (Wildman–Crippen MR) is 150 cm³/mol. The molecule has 3 heteroatoms. The van der Waals surface area contributed by atoms with E-state index in [4.69, 9.17) is 0 Å². The largest absolute Gasteiger partial charge is 0.388 e. The molecule has 3 nitrogen and oxygen atoms in total. The molecule has 35 heavy (non-hydrogen) atoms. The van der Waals surface area contributed by atoms with E-state index in [2.05, 4.69) is 40.2 Å². The van der Waals surface area contributed by atoms with Gasteiger partial charge in [0.2, 0.25) is 0 Å². The van der Waals surface area contributed by atoms with E-state index in [-0.39, 0.29) is 6.10 Å². The van der Waals surface area contributed by atoms with E-state index < -0.39 is 0 Å². The fourth-order valence-electron chi connectivity index (χ4n) is 7.53. The summed E-state index contributed by atoms with van der Waals surface area (Å²) >= 11 is 0. The van der Waals surface area contributed by atoms with Gasteiger partial charge in [0.1, 0.15) is 0 Å². The van der Waals surface area contributed by atoms with E-state index in [9.17, 15) is 5.11 Å². The zero-order valence-electron chi connectivity index (χ0n) is 22.5. The summed E-state index contributed by atoms with van der Waals surface area (Å²) in [5.41, 5.74) is 0. The first kappa shape index (κ1) is 27.1. The number of hydrogen-bond acceptors (Lipinski definition) is 3. The molecule has 7 atom stereocenters. The minimum atomic E-state index is -0.346. The third-order valence-electron chi connectivity index (χ3n) is 9.36. The second-order valence-corrected chi connectivity index (χ2v) is 12.2. The molecule has 1 N–H and O–H groups in total. The molecule has 0 aromatic carbocycles. The molecule has 0 saturated carbocycles. The van der Waals surface area contributed by atoms with Crippen molar-refractivity contribution in [2.45, 2.75) is 102 Å². The summed E-state index contributed by atoms with van der Waals surface area (Å²) in [4.78, 5) is 5.45. The molecule has 0 radical (unpaired) electrons. The zero-order chi connectivity index (χ0) is 24.1. The highest BCUT2D eigenvalue weighted by Gasteiger charge is 2.38. The van der Waals surface area contributed by atoms with Crippen molar-refractivity contribution in [2.24, 2.45) is 23.7 Å². The third kappa shape index (κ3) is 9.48. The van der Waals surface area contributed by atoms with Crippen molar-refractivity contribution in [2.75, 3.05) is 39.3 Å². The highest BCUT2D eigenvalue weighted by Crippen LogP contribution is 2.40. The minimum Gasteiger partial charge on any atom is -0.388 e. The lowest BCUT2D eigenvalue weighted by Gasteiger charge is -2.47. The van der Waals surface area contributed by atoms with Crippen LogP contribution in [0.25, 0.3) is 0 Å². The molecule has 5 rings (SSSR count). The number of fused-ring (bicyclic) bond motifs is 10. The van der Waals surface area contributed by atoms with Crippen molar-refractivity contribution in [1.29, 1.82) is 0 Å². The summed E-state index contributed by atoms with van der Waals surface area (Å²) in [7, 11) is 0. The van der Waals surface area contributed by atoms with Gasteiger partial charge >= 0.3 is 0 Å². The quantitative estimate of drug-likeness (QED) is 0.377. The number of hydrogen-bond donors (Lipinski definition) is 1. The van der Waals surface area contributed by atoms with Crippen molar-refractivity contribution < 1.29 is 5.11 Å². The van der Waals surface area contributed by atoms with Gasteiger partial charge in [-0.1, -0.05) is 75.0 Å². The van der Waals surface area contributed by atoms with Gasteiger partial charge in [0, 0.05) is 32.7 Å². The SMILES string of the molecule is OC1/C=C\C=C/CCCCCC[C@H]2CN3CC/C=C\CCCCCCC4C[C@@H](CN(C1)C4)[C@H]2CC3. The van der Waals surface area contributed by atoms with E-state index in [1.54, 1.807) is 0 Å². The van der Waals surface area contributed by atoms with Crippen molar-refractivity contribution in [1.82, 2.24) is 9.80 Å². The Bertz CT molecular complexity index is 670. The Morgan fingerprint density at radius 3 is 2.20 bits per heavy atom. The second kappa shape index (κ2) is 15.4. The summed E-state index contributed by atoms with van der Waals surface area (Å²) < 4.78 is 0. The number of piperidine rings is 2. The van der Waals surface area contributed by atoms with Crippen LogP contribution in [0.15, 0.2) is 36.5 Å². The van der Waals surface area contributed by atoms with Crippen molar-refractivity contribution in [3.8, 4) is 0 Å². The monoisotopic (exact) mass is 482 g/mol. The molecule has 4 unspecified atom stereocenters. The van der Waals surface area contributed by atoms with Crippen LogP contribution in [0.2, 0.25) is 0 Å². The molecule has 5 aliphatic rings. The first-order valence-electron chi connectivity index (χ1n) is 15.4. The van der Waals surface area contributed by atoms with Crippen LogP contribution in [0.5, 0.6) is 0 Å². The van der Waals surface area contributed by atoms with Crippen LogP contribution in [0, 0.1) is 23.7 Å². The van der Waals surface area contributed by atoms with E-state index in [0.717, 1.165) is 30.2 Å². The maximum Gasteiger partial charge on any atom is 0.0850 e. The van der Waals surface area contributed by atoms with Crippen LogP contribution in [0.3, 0.4) is 0 Å². The molecule has 5 heterocycles. The van der Waals surface area contributed by atoms with Gasteiger partial charge in [-0.3, -0.25) is 4.90 Å². The number of nitrogens with zero attached hydrogens (tertiary/aromatic N) is 2. The fraction of sp³-hybridized carbons (Fsp3) is 0.812. The standard InChI is InChI=1S/C32H54N2O/c35-31-19-15-11-7-2-1-6-10-14-18-29-25-33-21-16-12-8-4-3-5-9-13-17-28-23-30(32(29)20-22-33)26-34(24-28)27-31/h7-8,11-12,15,19,28-32,35H,1-6,9-10,13-14,16-18,20-27H2/b11-7-,12-8-,19-15-/t28?,29-,30-,31?,32-/m0/s1. The molecule has 0 aromatic heterocycles. The van der Waals surface area contributed by atoms with Gasteiger partial charge < -0.3 is 10.0 Å². The van der Waals surface area contributed by atoms with Crippen LogP contribution >= 0.6 is 0 Å². The Balaban J connectivity index is 1.51. The summed E-state index contributed by atoms with van der Waals surface area (Å²) in [6.07, 6.45) is 33.4. The average Bonchev–Trinajstić information content (AvgIpc) is 2.85. The van der Waals surface area contributed by atoms with Crippen LogP contribution in [-0.4, -0.2) is 60.3 Å². The lowest BCUT2D eigenvalue weighted by atomic mass is 9.69. The van der Waals surface area contributed by atoms with Gasteiger partial charge in [0.15, 0.2) is 0 Å². The van der Waals surface area contributed by atoms with Crippen LogP contribution in [0.4, 0.5) is 0 Å². The lowest BCUT2D eigenvalue weighted by Crippen LogP contribution is -2.50. The van der Waals surface area contributed by atoms with Gasteiger partial charge in [-0.2, -0.15) is 0 Å². The normalized spacial score (nSPS) is 41.6.